The number of nitrogens with one attached hydrogen (secondary N) is 1. The van der Waals surface area contributed by atoms with Gasteiger partial charge in [0.15, 0.2) is 0 Å². The maximum Gasteiger partial charge on any atom is 0.0595 e. The Kier molecular flexibility index (Phi) is 3.91. The summed E-state index contributed by atoms with van der Waals surface area (Å²) in [6.45, 7) is 2.15. The van der Waals surface area contributed by atoms with Crippen molar-refractivity contribution in [1.82, 2.24) is 5.32 Å². The molecule has 0 spiro atoms. The molecule has 1 N–H and O–H groups in total. The fourth-order valence-corrected chi connectivity index (χ4v) is 2.29. The molecule has 0 heterocycles. The van der Waals surface area contributed by atoms with Gasteiger partial charge >= 0.3 is 0 Å². The molecule has 1 atom stereocenters. The summed E-state index contributed by atoms with van der Waals surface area (Å²) in [6, 6.07) is 6.67. The predicted molar refractivity (Wildman–Crippen MR) is 70.2 cm³/mol. The molecule has 1 aromatic rings. The first-order valence-corrected chi connectivity index (χ1v) is 6.28. The molecule has 0 amide bonds. The molecule has 1 aliphatic rings. The molecule has 16 heavy (non-hydrogen) atoms. The van der Waals surface area contributed by atoms with E-state index in [9.17, 15) is 0 Å². The first kappa shape index (κ1) is 12.0. The lowest BCUT2D eigenvalue weighted by atomic mass is 10.1. The molecule has 0 fully saturated rings. The van der Waals surface area contributed by atoms with Gasteiger partial charge in [-0.2, -0.15) is 0 Å². The highest BCUT2D eigenvalue weighted by molar-refractivity contribution is 6.42. The molecule has 0 aliphatic heterocycles. The van der Waals surface area contributed by atoms with Crippen LogP contribution >= 0.6 is 23.2 Å². The highest BCUT2D eigenvalue weighted by Gasteiger charge is 2.14. The zero-order chi connectivity index (χ0) is 11.5. The summed E-state index contributed by atoms with van der Waals surface area (Å²) in [5.74, 6) is 0. The smallest absolute Gasteiger partial charge is 0.0595 e. The predicted octanol–water partition coefficient (Wildman–Crippen LogP) is 4.36. The lowest BCUT2D eigenvalue weighted by molar-refractivity contribution is 0.471. The maximum absolute atomic E-state index is 6.00. The average Bonchev–Trinajstić information content (AvgIpc) is 2.74. The summed E-state index contributed by atoms with van der Waals surface area (Å²) < 4.78 is 0. The van der Waals surface area contributed by atoms with E-state index in [4.69, 9.17) is 23.2 Å². The van der Waals surface area contributed by atoms with Crippen molar-refractivity contribution in [3.8, 4) is 0 Å². The standard InChI is InChI=1S/C13H15Cl2N/c1-9(16-11-4-2-3-5-11)10-6-7-12(14)13(15)8-10/h2-3,6-9,11,16H,4-5H2,1H3. The molecule has 1 aromatic carbocycles. The van der Waals surface area contributed by atoms with E-state index in [1.54, 1.807) is 0 Å². The first-order valence-electron chi connectivity index (χ1n) is 5.53. The first-order chi connectivity index (χ1) is 7.66. The summed E-state index contributed by atoms with van der Waals surface area (Å²) in [6.07, 6.45) is 6.68. The summed E-state index contributed by atoms with van der Waals surface area (Å²) in [7, 11) is 0. The number of benzene rings is 1. The fraction of sp³-hybridized carbons (Fsp3) is 0.385. The number of rotatable bonds is 3. The number of halogens is 2. The third-order valence-corrected chi connectivity index (χ3v) is 3.68. The van der Waals surface area contributed by atoms with Crippen LogP contribution in [0.4, 0.5) is 0 Å². The summed E-state index contributed by atoms with van der Waals surface area (Å²) >= 11 is 11.9. The Morgan fingerprint density at radius 1 is 1.19 bits per heavy atom. The lowest BCUT2D eigenvalue weighted by Crippen LogP contribution is -2.29. The van der Waals surface area contributed by atoms with Gasteiger partial charge in [0.2, 0.25) is 0 Å². The van der Waals surface area contributed by atoms with E-state index in [1.807, 2.05) is 18.2 Å². The molecule has 3 heteroatoms. The van der Waals surface area contributed by atoms with Crippen LogP contribution in [0.5, 0.6) is 0 Å². The van der Waals surface area contributed by atoms with E-state index in [0.29, 0.717) is 22.1 Å². The second-order valence-electron chi connectivity index (χ2n) is 4.20. The zero-order valence-electron chi connectivity index (χ0n) is 9.21. The van der Waals surface area contributed by atoms with Crippen molar-refractivity contribution in [3.63, 3.8) is 0 Å². The van der Waals surface area contributed by atoms with Gasteiger partial charge in [-0.15, -0.1) is 0 Å². The third kappa shape index (κ3) is 2.79. The number of hydrogen-bond donors (Lipinski definition) is 1. The third-order valence-electron chi connectivity index (χ3n) is 2.94. The van der Waals surface area contributed by atoms with Crippen LogP contribution in [0.1, 0.15) is 31.4 Å². The van der Waals surface area contributed by atoms with Gasteiger partial charge < -0.3 is 5.32 Å². The van der Waals surface area contributed by atoms with Crippen molar-refractivity contribution in [2.75, 3.05) is 0 Å². The van der Waals surface area contributed by atoms with Gasteiger partial charge in [-0.1, -0.05) is 41.4 Å². The van der Waals surface area contributed by atoms with E-state index in [1.165, 1.54) is 5.56 Å². The van der Waals surface area contributed by atoms with Crippen LogP contribution in [0, 0.1) is 0 Å². The number of hydrogen-bond acceptors (Lipinski definition) is 1. The minimum atomic E-state index is 0.305. The normalized spacial score (nSPS) is 17.9. The summed E-state index contributed by atoms with van der Waals surface area (Å²) in [5, 5.41) is 4.81. The second-order valence-corrected chi connectivity index (χ2v) is 5.02. The zero-order valence-corrected chi connectivity index (χ0v) is 10.7. The molecule has 0 bridgehead atoms. The minimum absolute atomic E-state index is 0.305. The van der Waals surface area contributed by atoms with Crippen molar-refractivity contribution in [2.24, 2.45) is 0 Å². The van der Waals surface area contributed by atoms with Gasteiger partial charge in [-0.05, 0) is 37.5 Å². The van der Waals surface area contributed by atoms with Gasteiger partial charge in [0.1, 0.15) is 0 Å². The van der Waals surface area contributed by atoms with Crippen LogP contribution in [0.15, 0.2) is 30.4 Å². The van der Waals surface area contributed by atoms with Crippen molar-refractivity contribution in [1.29, 1.82) is 0 Å². The highest BCUT2D eigenvalue weighted by Crippen LogP contribution is 2.26. The Balaban J connectivity index is 2.02. The van der Waals surface area contributed by atoms with Gasteiger partial charge in [-0.25, -0.2) is 0 Å². The molecule has 0 radical (unpaired) electrons. The molecule has 1 aliphatic carbocycles. The maximum atomic E-state index is 6.00. The van der Waals surface area contributed by atoms with Crippen LogP contribution in [0.2, 0.25) is 10.0 Å². The fourth-order valence-electron chi connectivity index (χ4n) is 1.98. The Bertz CT molecular complexity index is 393. The van der Waals surface area contributed by atoms with E-state index in [2.05, 4.69) is 24.4 Å². The van der Waals surface area contributed by atoms with Gasteiger partial charge in [-0.3, -0.25) is 0 Å². The van der Waals surface area contributed by atoms with E-state index in [-0.39, 0.29) is 0 Å². The van der Waals surface area contributed by atoms with Crippen LogP contribution in [-0.4, -0.2) is 6.04 Å². The van der Waals surface area contributed by atoms with E-state index in [0.717, 1.165) is 12.8 Å². The van der Waals surface area contributed by atoms with Crippen LogP contribution < -0.4 is 5.32 Å². The molecule has 0 saturated carbocycles. The molecule has 0 saturated heterocycles. The highest BCUT2D eigenvalue weighted by atomic mass is 35.5. The quantitative estimate of drug-likeness (QED) is 0.792. The van der Waals surface area contributed by atoms with E-state index < -0.39 is 0 Å². The molecule has 2 rings (SSSR count). The van der Waals surface area contributed by atoms with Crippen molar-refractivity contribution in [2.45, 2.75) is 31.8 Å². The molecule has 1 unspecified atom stereocenters. The molecular weight excluding hydrogens is 241 g/mol. The van der Waals surface area contributed by atoms with Gasteiger partial charge in [0.25, 0.3) is 0 Å². The monoisotopic (exact) mass is 255 g/mol. The summed E-state index contributed by atoms with van der Waals surface area (Å²) in [5.41, 5.74) is 1.18. The van der Waals surface area contributed by atoms with Gasteiger partial charge in [0.05, 0.1) is 10.0 Å². The minimum Gasteiger partial charge on any atom is -0.307 e. The van der Waals surface area contributed by atoms with Gasteiger partial charge in [0, 0.05) is 12.1 Å². The topological polar surface area (TPSA) is 12.0 Å². The second kappa shape index (κ2) is 5.22. The lowest BCUT2D eigenvalue weighted by Gasteiger charge is -2.20. The Morgan fingerprint density at radius 2 is 1.88 bits per heavy atom. The summed E-state index contributed by atoms with van der Waals surface area (Å²) in [4.78, 5) is 0. The Morgan fingerprint density at radius 3 is 2.50 bits per heavy atom. The molecular formula is C13H15Cl2N. The average molecular weight is 256 g/mol. The largest absolute Gasteiger partial charge is 0.307 e. The van der Waals surface area contributed by atoms with E-state index >= 15 is 0 Å². The Hall–Kier alpha value is -0.500. The Labute approximate surface area is 106 Å². The SMILES string of the molecule is CC(NC1CC=CC1)c1ccc(Cl)c(Cl)c1. The molecule has 0 aromatic heterocycles. The van der Waals surface area contributed by atoms with Crippen LogP contribution in [0.3, 0.4) is 0 Å². The molecule has 86 valence electrons. The van der Waals surface area contributed by atoms with Crippen molar-refractivity contribution in [3.05, 3.63) is 46.0 Å². The van der Waals surface area contributed by atoms with Crippen molar-refractivity contribution >= 4 is 23.2 Å². The van der Waals surface area contributed by atoms with Crippen LogP contribution in [0.25, 0.3) is 0 Å². The van der Waals surface area contributed by atoms with Crippen LogP contribution in [-0.2, 0) is 0 Å². The van der Waals surface area contributed by atoms with Crippen molar-refractivity contribution < 1.29 is 0 Å². The molecule has 1 nitrogen and oxygen atoms in total.